The van der Waals surface area contributed by atoms with Gasteiger partial charge in [0.15, 0.2) is 11.4 Å². The van der Waals surface area contributed by atoms with Gasteiger partial charge in [0.25, 0.3) is 0 Å². The highest BCUT2D eigenvalue weighted by Crippen LogP contribution is 2.40. The SMILES string of the molecule is CCN(C)CC#CCCC(=O)C(O)(c1ccccc1)C1CCCCC1.O. The Morgan fingerprint density at radius 2 is 1.85 bits per heavy atom. The van der Waals surface area contributed by atoms with Crippen molar-refractivity contribution in [3.8, 4) is 11.8 Å². The number of Topliss-reactive ketones (excluding diaryl/α,β-unsaturated/α-hetero) is 1. The van der Waals surface area contributed by atoms with E-state index in [-0.39, 0.29) is 17.2 Å². The van der Waals surface area contributed by atoms with Crippen molar-refractivity contribution in [1.82, 2.24) is 4.90 Å². The number of hydrogen-bond acceptors (Lipinski definition) is 3. The molecule has 4 heteroatoms. The van der Waals surface area contributed by atoms with E-state index < -0.39 is 5.60 Å². The van der Waals surface area contributed by atoms with Crippen molar-refractivity contribution >= 4 is 5.78 Å². The van der Waals surface area contributed by atoms with Crippen molar-refractivity contribution in [3.05, 3.63) is 35.9 Å². The molecule has 144 valence electrons. The van der Waals surface area contributed by atoms with Crippen LogP contribution in [0.15, 0.2) is 30.3 Å². The van der Waals surface area contributed by atoms with Gasteiger partial charge in [0.2, 0.25) is 0 Å². The monoisotopic (exact) mass is 359 g/mol. The lowest BCUT2D eigenvalue weighted by atomic mass is 9.70. The summed E-state index contributed by atoms with van der Waals surface area (Å²) in [4.78, 5) is 15.1. The van der Waals surface area contributed by atoms with Crippen LogP contribution in [0.25, 0.3) is 0 Å². The van der Waals surface area contributed by atoms with E-state index in [9.17, 15) is 9.90 Å². The Morgan fingerprint density at radius 3 is 2.46 bits per heavy atom. The van der Waals surface area contributed by atoms with Crippen LogP contribution >= 0.6 is 0 Å². The van der Waals surface area contributed by atoms with Crippen LogP contribution in [-0.2, 0) is 10.4 Å². The number of hydrogen-bond donors (Lipinski definition) is 1. The lowest BCUT2D eigenvalue weighted by molar-refractivity contribution is -0.146. The van der Waals surface area contributed by atoms with E-state index >= 15 is 0 Å². The summed E-state index contributed by atoms with van der Waals surface area (Å²) < 4.78 is 0. The van der Waals surface area contributed by atoms with Gasteiger partial charge in [-0.25, -0.2) is 0 Å². The maximum Gasteiger partial charge on any atom is 0.170 e. The summed E-state index contributed by atoms with van der Waals surface area (Å²) in [6.45, 7) is 3.77. The van der Waals surface area contributed by atoms with Crippen molar-refractivity contribution in [2.45, 2.75) is 57.5 Å². The van der Waals surface area contributed by atoms with Crippen molar-refractivity contribution in [3.63, 3.8) is 0 Å². The molecule has 0 amide bonds. The van der Waals surface area contributed by atoms with Gasteiger partial charge < -0.3 is 10.6 Å². The quantitative estimate of drug-likeness (QED) is 0.761. The van der Waals surface area contributed by atoms with Crippen molar-refractivity contribution in [2.75, 3.05) is 20.1 Å². The fraction of sp³-hybridized carbons (Fsp3) is 0.591. The molecule has 1 aliphatic rings. The molecular formula is C22H33NO3. The van der Waals surface area contributed by atoms with Crippen LogP contribution < -0.4 is 0 Å². The summed E-state index contributed by atoms with van der Waals surface area (Å²) in [6, 6.07) is 9.49. The summed E-state index contributed by atoms with van der Waals surface area (Å²) in [5, 5.41) is 11.5. The van der Waals surface area contributed by atoms with Crippen LogP contribution in [-0.4, -0.2) is 41.4 Å². The van der Waals surface area contributed by atoms with E-state index in [1.165, 1.54) is 6.42 Å². The molecule has 2 rings (SSSR count). The lowest BCUT2D eigenvalue weighted by Crippen LogP contribution is -2.44. The molecule has 0 saturated heterocycles. The minimum Gasteiger partial charge on any atom is -0.412 e. The van der Waals surface area contributed by atoms with E-state index in [1.54, 1.807) is 0 Å². The number of rotatable bonds is 7. The first-order valence-electron chi connectivity index (χ1n) is 9.54. The third-order valence-electron chi connectivity index (χ3n) is 5.33. The van der Waals surface area contributed by atoms with Gasteiger partial charge in [0, 0.05) is 12.8 Å². The number of benzene rings is 1. The van der Waals surface area contributed by atoms with Gasteiger partial charge in [0.1, 0.15) is 0 Å². The highest BCUT2D eigenvalue weighted by molar-refractivity contribution is 5.88. The average Bonchev–Trinajstić information content (AvgIpc) is 2.68. The maximum absolute atomic E-state index is 13.0. The molecule has 0 bridgehead atoms. The number of aliphatic hydroxyl groups is 1. The molecule has 1 fully saturated rings. The van der Waals surface area contributed by atoms with Gasteiger partial charge >= 0.3 is 0 Å². The average molecular weight is 360 g/mol. The zero-order valence-electron chi connectivity index (χ0n) is 16.1. The molecule has 1 aliphatic carbocycles. The minimum atomic E-state index is -1.36. The fourth-order valence-electron chi connectivity index (χ4n) is 3.59. The van der Waals surface area contributed by atoms with Crippen LogP contribution in [0.2, 0.25) is 0 Å². The summed E-state index contributed by atoms with van der Waals surface area (Å²) >= 11 is 0. The topological polar surface area (TPSA) is 72.0 Å². The second-order valence-electron chi connectivity index (χ2n) is 7.07. The van der Waals surface area contributed by atoms with Crippen LogP contribution in [0.1, 0.15) is 57.4 Å². The van der Waals surface area contributed by atoms with Gasteiger partial charge in [-0.15, -0.1) is 5.92 Å². The maximum atomic E-state index is 13.0. The summed E-state index contributed by atoms with van der Waals surface area (Å²) in [5.41, 5.74) is -0.616. The van der Waals surface area contributed by atoms with Crippen LogP contribution in [0.3, 0.4) is 0 Å². The predicted molar refractivity (Wildman–Crippen MR) is 106 cm³/mol. The Bertz CT molecular complexity index is 599. The zero-order chi connectivity index (χ0) is 18.1. The molecule has 1 unspecified atom stereocenters. The molecule has 1 atom stereocenters. The molecule has 1 saturated carbocycles. The molecule has 0 aliphatic heterocycles. The second kappa shape index (κ2) is 11.1. The van der Waals surface area contributed by atoms with E-state index in [4.69, 9.17) is 0 Å². The number of carbonyl (C=O) groups excluding carboxylic acids is 1. The van der Waals surface area contributed by atoms with Crippen LogP contribution in [0.5, 0.6) is 0 Å². The summed E-state index contributed by atoms with van der Waals surface area (Å²) in [5.74, 6) is 6.13. The predicted octanol–water partition coefficient (Wildman–Crippen LogP) is 2.93. The standard InChI is InChI=1S/C22H31NO2.H2O/c1-3-23(2)18-12-6-11-17-21(24)22(25,19-13-7-4-8-14-19)20-15-9-5-10-16-20;/h4,7-8,13-14,20,25H,3,5,9-11,15-18H2,1-2H3;1H2. The second-order valence-corrected chi connectivity index (χ2v) is 7.07. The Hall–Kier alpha value is -1.67. The van der Waals surface area contributed by atoms with Gasteiger partial charge in [-0.1, -0.05) is 62.4 Å². The first-order chi connectivity index (χ1) is 12.1. The third-order valence-corrected chi connectivity index (χ3v) is 5.33. The molecule has 26 heavy (non-hydrogen) atoms. The van der Waals surface area contributed by atoms with Gasteiger partial charge in [0.05, 0.1) is 6.54 Å². The van der Waals surface area contributed by atoms with Gasteiger partial charge in [-0.05, 0) is 37.9 Å². The molecule has 3 N–H and O–H groups in total. The smallest absolute Gasteiger partial charge is 0.170 e. The van der Waals surface area contributed by atoms with Crippen LogP contribution in [0, 0.1) is 17.8 Å². The number of nitrogens with zero attached hydrogens (tertiary/aromatic N) is 1. The van der Waals surface area contributed by atoms with Crippen molar-refractivity contribution < 1.29 is 15.4 Å². The van der Waals surface area contributed by atoms with E-state index in [0.29, 0.717) is 12.8 Å². The number of ketones is 1. The Labute approximate surface area is 157 Å². The molecule has 0 spiro atoms. The fourth-order valence-corrected chi connectivity index (χ4v) is 3.59. The van der Waals surface area contributed by atoms with Crippen molar-refractivity contribution in [1.29, 1.82) is 0 Å². The first kappa shape index (κ1) is 22.4. The van der Waals surface area contributed by atoms with E-state index in [2.05, 4.69) is 23.7 Å². The molecule has 0 aromatic heterocycles. The molecule has 0 radical (unpaired) electrons. The zero-order valence-corrected chi connectivity index (χ0v) is 16.1. The normalized spacial score (nSPS) is 16.9. The van der Waals surface area contributed by atoms with Gasteiger partial charge in [-0.3, -0.25) is 9.69 Å². The highest BCUT2D eigenvalue weighted by atomic mass is 16.3. The van der Waals surface area contributed by atoms with E-state index in [1.807, 2.05) is 37.4 Å². The summed E-state index contributed by atoms with van der Waals surface area (Å²) in [6.07, 6.45) is 6.05. The van der Waals surface area contributed by atoms with E-state index in [0.717, 1.165) is 44.3 Å². The molecule has 1 aromatic carbocycles. The Balaban J connectivity index is 0.00000338. The Kier molecular flexibility index (Phi) is 9.58. The molecule has 4 nitrogen and oxygen atoms in total. The minimum absolute atomic E-state index is 0. The molecular weight excluding hydrogens is 326 g/mol. The largest absolute Gasteiger partial charge is 0.412 e. The van der Waals surface area contributed by atoms with Crippen molar-refractivity contribution in [2.24, 2.45) is 5.92 Å². The number of carbonyl (C=O) groups is 1. The third kappa shape index (κ3) is 5.67. The first-order valence-corrected chi connectivity index (χ1v) is 9.54. The molecule has 0 heterocycles. The van der Waals surface area contributed by atoms with Crippen LogP contribution in [0.4, 0.5) is 0 Å². The highest BCUT2D eigenvalue weighted by Gasteiger charge is 2.44. The Morgan fingerprint density at radius 1 is 1.19 bits per heavy atom. The van der Waals surface area contributed by atoms with Gasteiger partial charge in [-0.2, -0.15) is 0 Å². The molecule has 1 aromatic rings. The summed E-state index contributed by atoms with van der Waals surface area (Å²) in [7, 11) is 2.02. The lowest BCUT2D eigenvalue weighted by Gasteiger charge is -2.37.